The highest BCUT2D eigenvalue weighted by Crippen LogP contribution is 2.39. The molecule has 0 radical (unpaired) electrons. The van der Waals surface area contributed by atoms with Gasteiger partial charge in [-0.1, -0.05) is 29.8 Å². The van der Waals surface area contributed by atoms with Crippen molar-refractivity contribution in [2.24, 2.45) is 0 Å². The molecule has 0 bridgehead atoms. The summed E-state index contributed by atoms with van der Waals surface area (Å²) in [6.07, 6.45) is 0. The van der Waals surface area contributed by atoms with E-state index in [1.54, 1.807) is 15.9 Å². The fourth-order valence-corrected chi connectivity index (χ4v) is 5.91. The Morgan fingerprint density at radius 1 is 0.962 bits per heavy atom. The lowest BCUT2D eigenvalue weighted by Crippen LogP contribution is -2.38. The third-order valence-electron chi connectivity index (χ3n) is 5.08. The average molecular weight is 391 g/mol. The predicted octanol–water partition coefficient (Wildman–Crippen LogP) is 3.57. The topological polar surface area (TPSA) is 57.7 Å². The predicted molar refractivity (Wildman–Crippen MR) is 104 cm³/mol. The summed E-state index contributed by atoms with van der Waals surface area (Å²) in [5, 5.41) is 0.557. The molecule has 0 saturated carbocycles. The molecule has 2 amide bonds. The van der Waals surface area contributed by atoms with Crippen LogP contribution in [0.5, 0.6) is 0 Å². The van der Waals surface area contributed by atoms with Crippen molar-refractivity contribution < 1.29 is 13.2 Å². The van der Waals surface area contributed by atoms with Crippen molar-refractivity contribution >= 4 is 38.8 Å². The number of carbonyl (C=O) groups excluding carboxylic acids is 1. The first-order valence-electron chi connectivity index (χ1n) is 8.42. The second-order valence-corrected chi connectivity index (χ2v) is 9.57. The van der Waals surface area contributed by atoms with Gasteiger partial charge in [0, 0.05) is 16.4 Å². The van der Waals surface area contributed by atoms with Crippen molar-refractivity contribution in [1.82, 2.24) is 0 Å². The van der Waals surface area contributed by atoms with Crippen LogP contribution in [0.25, 0.3) is 0 Å². The Balaban J connectivity index is 1.82. The Kier molecular flexibility index (Phi) is 4.00. The number of aryl methyl sites for hydroxylation is 2. The number of nitrogens with zero attached hydrogens (tertiary/aromatic N) is 2. The van der Waals surface area contributed by atoms with E-state index in [0.717, 1.165) is 16.8 Å². The van der Waals surface area contributed by atoms with Crippen molar-refractivity contribution in [2.45, 2.75) is 25.9 Å². The number of hydrogen-bond acceptors (Lipinski definition) is 3. The van der Waals surface area contributed by atoms with Gasteiger partial charge in [0.05, 0.1) is 23.6 Å². The van der Waals surface area contributed by atoms with Gasteiger partial charge in [-0.3, -0.25) is 9.80 Å². The van der Waals surface area contributed by atoms with E-state index in [-0.39, 0.29) is 17.5 Å². The molecule has 26 heavy (non-hydrogen) atoms. The number of hydrogen-bond donors (Lipinski definition) is 0. The number of amides is 2. The van der Waals surface area contributed by atoms with Crippen molar-refractivity contribution in [1.29, 1.82) is 0 Å². The minimum Gasteiger partial charge on any atom is -0.288 e. The lowest BCUT2D eigenvalue weighted by atomic mass is 10.1. The summed E-state index contributed by atoms with van der Waals surface area (Å²) in [6.45, 7) is 3.84. The number of benzene rings is 2. The van der Waals surface area contributed by atoms with Crippen LogP contribution in [0, 0.1) is 13.8 Å². The molecule has 2 saturated heterocycles. The first kappa shape index (κ1) is 17.4. The molecular weight excluding hydrogens is 372 g/mol. The van der Waals surface area contributed by atoms with E-state index in [0.29, 0.717) is 10.7 Å². The molecule has 2 heterocycles. The highest BCUT2D eigenvalue weighted by molar-refractivity contribution is 7.91. The molecule has 2 fully saturated rings. The number of halogens is 1. The Morgan fingerprint density at radius 2 is 1.58 bits per heavy atom. The summed E-state index contributed by atoms with van der Waals surface area (Å²) in [6, 6.07) is 12.0. The van der Waals surface area contributed by atoms with Crippen LogP contribution < -0.4 is 9.80 Å². The van der Waals surface area contributed by atoms with Crippen LogP contribution in [0.3, 0.4) is 0 Å². The van der Waals surface area contributed by atoms with Gasteiger partial charge in [0.15, 0.2) is 9.84 Å². The van der Waals surface area contributed by atoms with Crippen LogP contribution >= 0.6 is 11.6 Å². The van der Waals surface area contributed by atoms with Crippen LogP contribution in [0.2, 0.25) is 5.02 Å². The molecule has 136 valence electrons. The lowest BCUT2D eigenvalue weighted by Gasteiger charge is -2.23. The maximum absolute atomic E-state index is 13.3. The van der Waals surface area contributed by atoms with E-state index in [4.69, 9.17) is 11.6 Å². The summed E-state index contributed by atoms with van der Waals surface area (Å²) < 4.78 is 24.6. The Hall–Kier alpha value is -2.05. The van der Waals surface area contributed by atoms with Crippen molar-refractivity contribution in [3.63, 3.8) is 0 Å². The van der Waals surface area contributed by atoms with E-state index in [9.17, 15) is 13.2 Å². The third kappa shape index (κ3) is 2.77. The highest BCUT2D eigenvalue weighted by atomic mass is 35.5. The zero-order valence-corrected chi connectivity index (χ0v) is 16.1. The lowest BCUT2D eigenvalue weighted by molar-refractivity contribution is 0.255. The second kappa shape index (κ2) is 5.99. The standard InChI is InChI=1S/C19H19ClN2O3S/c1-12-4-3-5-14(8-12)21-17-10-26(24,25)11-18(17)22(19(21)23)15-7-6-13(2)16(20)9-15/h3-9,17-18H,10-11H2,1-2H3/t17-,18-/m1/s1. The van der Waals surface area contributed by atoms with Gasteiger partial charge in [-0.15, -0.1) is 0 Å². The fraction of sp³-hybridized carbons (Fsp3) is 0.316. The minimum absolute atomic E-state index is 0.0204. The molecule has 0 unspecified atom stereocenters. The SMILES string of the molecule is Cc1cccc(N2C(=O)N(c3ccc(C)c(Cl)c3)[C@@H]3CS(=O)(=O)C[C@H]32)c1. The van der Waals surface area contributed by atoms with E-state index >= 15 is 0 Å². The van der Waals surface area contributed by atoms with Gasteiger partial charge in [-0.2, -0.15) is 0 Å². The van der Waals surface area contributed by atoms with Gasteiger partial charge in [0.2, 0.25) is 0 Å². The van der Waals surface area contributed by atoms with Gasteiger partial charge < -0.3 is 0 Å². The van der Waals surface area contributed by atoms with E-state index in [2.05, 4.69) is 0 Å². The maximum atomic E-state index is 13.3. The summed E-state index contributed by atoms with van der Waals surface area (Å²) in [4.78, 5) is 16.5. The van der Waals surface area contributed by atoms with Crippen LogP contribution in [-0.4, -0.2) is 38.0 Å². The number of anilines is 2. The minimum atomic E-state index is -3.21. The molecule has 4 rings (SSSR count). The summed E-state index contributed by atoms with van der Waals surface area (Å²) >= 11 is 6.24. The quantitative estimate of drug-likeness (QED) is 0.736. The summed E-state index contributed by atoms with van der Waals surface area (Å²) in [7, 11) is -3.21. The van der Waals surface area contributed by atoms with Crippen molar-refractivity contribution in [3.8, 4) is 0 Å². The van der Waals surface area contributed by atoms with Gasteiger partial charge in [-0.25, -0.2) is 13.2 Å². The number of sulfone groups is 1. The molecule has 0 N–H and O–H groups in total. The first-order chi connectivity index (χ1) is 12.3. The van der Waals surface area contributed by atoms with E-state index < -0.39 is 21.9 Å². The van der Waals surface area contributed by atoms with Crippen LogP contribution in [0.4, 0.5) is 16.2 Å². The van der Waals surface area contributed by atoms with Gasteiger partial charge in [-0.05, 0) is 49.2 Å². The maximum Gasteiger partial charge on any atom is 0.329 e. The number of rotatable bonds is 2. The molecule has 2 aromatic carbocycles. The molecular formula is C19H19ClN2O3S. The molecule has 5 nitrogen and oxygen atoms in total. The molecule has 0 aromatic heterocycles. The summed E-state index contributed by atoms with van der Waals surface area (Å²) in [5.74, 6) is -0.0509. The third-order valence-corrected chi connectivity index (χ3v) is 7.19. The van der Waals surface area contributed by atoms with Gasteiger partial charge >= 0.3 is 6.03 Å². The molecule has 2 aromatic rings. The molecule has 0 spiro atoms. The first-order valence-corrected chi connectivity index (χ1v) is 10.6. The van der Waals surface area contributed by atoms with Crippen molar-refractivity contribution in [2.75, 3.05) is 21.3 Å². The average Bonchev–Trinajstić information content (AvgIpc) is 2.99. The van der Waals surface area contributed by atoms with E-state index in [1.165, 1.54) is 0 Å². The van der Waals surface area contributed by atoms with Crippen LogP contribution in [0.15, 0.2) is 42.5 Å². The van der Waals surface area contributed by atoms with Crippen LogP contribution in [0.1, 0.15) is 11.1 Å². The molecule has 2 aliphatic rings. The Morgan fingerprint density at radius 3 is 2.15 bits per heavy atom. The molecule has 2 atom stereocenters. The molecule has 7 heteroatoms. The summed E-state index contributed by atoms with van der Waals surface area (Å²) in [5.41, 5.74) is 3.29. The molecule has 0 aliphatic carbocycles. The number of carbonyl (C=O) groups is 1. The van der Waals surface area contributed by atoms with Crippen LogP contribution in [-0.2, 0) is 9.84 Å². The number of urea groups is 1. The largest absolute Gasteiger partial charge is 0.329 e. The normalized spacial score (nSPS) is 24.2. The smallest absolute Gasteiger partial charge is 0.288 e. The van der Waals surface area contributed by atoms with Gasteiger partial charge in [0.25, 0.3) is 0 Å². The van der Waals surface area contributed by atoms with Crippen molar-refractivity contribution in [3.05, 3.63) is 58.6 Å². The molecule has 2 aliphatic heterocycles. The zero-order valence-electron chi connectivity index (χ0n) is 14.5. The second-order valence-electron chi connectivity index (χ2n) is 7.01. The zero-order chi connectivity index (χ0) is 18.6. The Labute approximate surface area is 158 Å². The highest BCUT2D eigenvalue weighted by Gasteiger charge is 2.54. The number of fused-ring (bicyclic) bond motifs is 1. The fourth-order valence-electron chi connectivity index (χ4n) is 3.82. The van der Waals surface area contributed by atoms with Gasteiger partial charge in [0.1, 0.15) is 0 Å². The monoisotopic (exact) mass is 390 g/mol. The Bertz CT molecular complexity index is 1010. The van der Waals surface area contributed by atoms with E-state index in [1.807, 2.05) is 50.2 Å².